The van der Waals surface area contributed by atoms with Crippen molar-refractivity contribution in [2.75, 3.05) is 14.2 Å². The van der Waals surface area contributed by atoms with Gasteiger partial charge in [0.25, 0.3) is 0 Å². The Balaban J connectivity index is 1.62. The van der Waals surface area contributed by atoms with E-state index in [0.717, 1.165) is 34.0 Å². The highest BCUT2D eigenvalue weighted by molar-refractivity contribution is 6.10. The van der Waals surface area contributed by atoms with E-state index in [1.165, 1.54) is 0 Å². The van der Waals surface area contributed by atoms with Crippen molar-refractivity contribution in [1.29, 1.82) is 0 Å². The number of ketones is 1. The summed E-state index contributed by atoms with van der Waals surface area (Å²) in [6.45, 7) is 0. The van der Waals surface area contributed by atoms with Crippen molar-refractivity contribution in [3.05, 3.63) is 119 Å². The van der Waals surface area contributed by atoms with Gasteiger partial charge in [-0.2, -0.15) is 0 Å². The molecule has 2 aromatic carbocycles. The first-order valence-electron chi connectivity index (χ1n) is 10.4. The monoisotopic (exact) mass is 424 g/mol. The maximum atomic E-state index is 13.5. The van der Waals surface area contributed by atoms with Crippen LogP contribution in [0.25, 0.3) is 0 Å². The van der Waals surface area contributed by atoms with E-state index in [9.17, 15) is 4.79 Å². The number of rotatable bonds is 8. The smallest absolute Gasteiger partial charge is 0.196 e. The number of ether oxygens (including phenoxy) is 2. The van der Waals surface area contributed by atoms with Crippen molar-refractivity contribution in [3.63, 3.8) is 0 Å². The lowest BCUT2D eigenvalue weighted by molar-refractivity contribution is 0.103. The van der Waals surface area contributed by atoms with Gasteiger partial charge in [0.2, 0.25) is 0 Å². The fourth-order valence-electron chi connectivity index (χ4n) is 3.59. The van der Waals surface area contributed by atoms with Gasteiger partial charge in [0.05, 0.1) is 25.6 Å². The number of hydrogen-bond donors (Lipinski definition) is 0. The lowest BCUT2D eigenvalue weighted by Gasteiger charge is -2.11. The largest absolute Gasteiger partial charge is 0.497 e. The van der Waals surface area contributed by atoms with Gasteiger partial charge in [0.1, 0.15) is 11.5 Å². The summed E-state index contributed by atoms with van der Waals surface area (Å²) in [4.78, 5) is 22.6. The summed E-state index contributed by atoms with van der Waals surface area (Å²) >= 11 is 0. The fraction of sp³-hybridized carbons (Fsp3) is 0.148. The third kappa shape index (κ3) is 4.83. The van der Waals surface area contributed by atoms with Crippen molar-refractivity contribution in [2.24, 2.45) is 0 Å². The van der Waals surface area contributed by atoms with E-state index in [-0.39, 0.29) is 5.78 Å². The van der Waals surface area contributed by atoms with Crippen molar-refractivity contribution in [1.82, 2.24) is 9.97 Å². The van der Waals surface area contributed by atoms with E-state index >= 15 is 0 Å². The molecule has 0 aliphatic heterocycles. The maximum Gasteiger partial charge on any atom is 0.196 e. The van der Waals surface area contributed by atoms with E-state index in [2.05, 4.69) is 9.97 Å². The lowest BCUT2D eigenvalue weighted by Crippen LogP contribution is -2.11. The molecule has 0 fully saturated rings. The van der Waals surface area contributed by atoms with E-state index in [4.69, 9.17) is 9.47 Å². The summed E-state index contributed by atoms with van der Waals surface area (Å²) in [5, 5.41) is 0. The normalized spacial score (nSPS) is 10.6. The van der Waals surface area contributed by atoms with E-state index < -0.39 is 0 Å². The van der Waals surface area contributed by atoms with Crippen LogP contribution >= 0.6 is 0 Å². The highest BCUT2D eigenvalue weighted by Crippen LogP contribution is 2.21. The Kier molecular flexibility index (Phi) is 6.56. The number of pyridine rings is 2. The highest BCUT2D eigenvalue weighted by atomic mass is 16.5. The van der Waals surface area contributed by atoms with Crippen LogP contribution in [0.1, 0.15) is 38.4 Å². The molecule has 0 aliphatic rings. The number of carbonyl (C=O) groups excluding carboxylic acids is 1. The molecule has 0 aliphatic carbocycles. The summed E-state index contributed by atoms with van der Waals surface area (Å²) < 4.78 is 10.5. The number of nitrogens with zero attached hydrogens (tertiary/aromatic N) is 2. The highest BCUT2D eigenvalue weighted by Gasteiger charge is 2.19. The van der Waals surface area contributed by atoms with Crippen LogP contribution in [0.15, 0.2) is 85.2 Å². The van der Waals surface area contributed by atoms with Gasteiger partial charge in [-0.05, 0) is 59.7 Å². The predicted molar refractivity (Wildman–Crippen MR) is 124 cm³/mol. The van der Waals surface area contributed by atoms with Crippen LogP contribution in [-0.4, -0.2) is 30.0 Å². The Morgan fingerprint density at radius 3 is 1.44 bits per heavy atom. The topological polar surface area (TPSA) is 61.3 Å². The quantitative estimate of drug-likeness (QED) is 0.376. The van der Waals surface area contributed by atoms with Gasteiger partial charge in [0, 0.05) is 36.4 Å². The molecule has 0 saturated heterocycles. The summed E-state index contributed by atoms with van der Waals surface area (Å²) in [5.74, 6) is 1.52. The summed E-state index contributed by atoms with van der Waals surface area (Å²) in [5.41, 5.74) is 4.77. The molecule has 4 aromatic rings. The van der Waals surface area contributed by atoms with Gasteiger partial charge in [-0.3, -0.25) is 14.8 Å². The molecule has 0 unspecified atom stereocenters. The molecular formula is C27H24N2O3. The second kappa shape index (κ2) is 9.88. The molecule has 0 radical (unpaired) electrons. The van der Waals surface area contributed by atoms with Crippen molar-refractivity contribution >= 4 is 5.78 Å². The van der Waals surface area contributed by atoms with Crippen molar-refractivity contribution in [3.8, 4) is 11.5 Å². The zero-order valence-corrected chi connectivity index (χ0v) is 18.1. The maximum absolute atomic E-state index is 13.5. The van der Waals surface area contributed by atoms with Gasteiger partial charge in [-0.25, -0.2) is 0 Å². The first-order valence-corrected chi connectivity index (χ1v) is 10.4. The molecule has 0 amide bonds. The Labute approximate surface area is 187 Å². The van der Waals surface area contributed by atoms with Crippen LogP contribution < -0.4 is 9.47 Å². The average Bonchev–Trinajstić information content (AvgIpc) is 2.85. The first kappa shape index (κ1) is 21.2. The Morgan fingerprint density at radius 1 is 0.656 bits per heavy atom. The molecule has 32 heavy (non-hydrogen) atoms. The third-order valence-corrected chi connectivity index (χ3v) is 5.33. The molecule has 0 saturated carbocycles. The van der Waals surface area contributed by atoms with Crippen LogP contribution in [-0.2, 0) is 12.8 Å². The fourth-order valence-corrected chi connectivity index (χ4v) is 3.59. The zero-order valence-electron chi connectivity index (χ0n) is 18.1. The number of aromatic nitrogens is 2. The summed E-state index contributed by atoms with van der Waals surface area (Å²) in [7, 11) is 3.28. The number of benzene rings is 2. The van der Waals surface area contributed by atoms with Crippen LogP contribution in [0.5, 0.6) is 11.5 Å². The SMILES string of the molecule is COc1ccc(Cc2ncccc2C(=O)c2cccnc2Cc2ccc(OC)cc2)cc1. The standard InChI is InChI=1S/C27H24N2O3/c1-31-21-11-7-19(8-12-21)17-25-23(5-3-15-28-25)27(30)24-6-4-16-29-26(24)18-20-9-13-22(32-2)14-10-20/h3-16H,17-18H2,1-2H3. The molecule has 0 spiro atoms. The number of methoxy groups -OCH3 is 2. The molecule has 160 valence electrons. The number of hydrogen-bond acceptors (Lipinski definition) is 5. The van der Waals surface area contributed by atoms with Gasteiger partial charge in [-0.15, -0.1) is 0 Å². The molecule has 2 aromatic heterocycles. The van der Waals surface area contributed by atoms with Crippen molar-refractivity contribution < 1.29 is 14.3 Å². The second-order valence-corrected chi connectivity index (χ2v) is 7.37. The molecular weight excluding hydrogens is 400 g/mol. The Bertz CT molecular complexity index is 1110. The minimum absolute atomic E-state index is 0.0711. The van der Waals surface area contributed by atoms with Gasteiger partial charge < -0.3 is 9.47 Å². The van der Waals surface area contributed by atoms with E-state index in [1.807, 2.05) is 60.7 Å². The first-order chi connectivity index (χ1) is 15.7. The molecule has 0 N–H and O–H groups in total. The summed E-state index contributed by atoms with van der Waals surface area (Å²) in [6.07, 6.45) is 4.55. The Hall–Kier alpha value is -3.99. The third-order valence-electron chi connectivity index (χ3n) is 5.33. The van der Waals surface area contributed by atoms with E-state index in [0.29, 0.717) is 24.0 Å². The van der Waals surface area contributed by atoms with Crippen molar-refractivity contribution in [2.45, 2.75) is 12.8 Å². The number of carbonyl (C=O) groups is 1. The Morgan fingerprint density at radius 2 is 1.06 bits per heavy atom. The molecule has 0 atom stereocenters. The van der Waals surface area contributed by atoms with Crippen LogP contribution in [0.2, 0.25) is 0 Å². The lowest BCUT2D eigenvalue weighted by atomic mass is 9.95. The minimum Gasteiger partial charge on any atom is -0.497 e. The molecule has 0 bridgehead atoms. The molecule has 5 heteroatoms. The van der Waals surface area contributed by atoms with Gasteiger partial charge >= 0.3 is 0 Å². The predicted octanol–water partition coefficient (Wildman–Crippen LogP) is 4.91. The molecule has 2 heterocycles. The second-order valence-electron chi connectivity index (χ2n) is 7.37. The van der Waals surface area contributed by atoms with Gasteiger partial charge in [0.15, 0.2) is 5.78 Å². The van der Waals surface area contributed by atoms with Crippen LogP contribution in [0, 0.1) is 0 Å². The van der Waals surface area contributed by atoms with Crippen LogP contribution in [0.4, 0.5) is 0 Å². The average molecular weight is 425 g/mol. The van der Waals surface area contributed by atoms with E-state index in [1.54, 1.807) is 38.7 Å². The minimum atomic E-state index is -0.0711. The summed E-state index contributed by atoms with van der Waals surface area (Å²) in [6, 6.07) is 22.8. The zero-order chi connectivity index (χ0) is 22.3. The molecule has 4 rings (SSSR count). The molecule has 5 nitrogen and oxygen atoms in total. The van der Waals surface area contributed by atoms with Gasteiger partial charge in [-0.1, -0.05) is 24.3 Å². The van der Waals surface area contributed by atoms with Crippen LogP contribution in [0.3, 0.4) is 0 Å².